The fourth-order valence-corrected chi connectivity index (χ4v) is 6.05. The van der Waals surface area contributed by atoms with Crippen LogP contribution in [0.1, 0.15) is 39.5 Å². The van der Waals surface area contributed by atoms with Crippen molar-refractivity contribution in [1.82, 2.24) is 14.1 Å². The van der Waals surface area contributed by atoms with E-state index in [9.17, 15) is 13.2 Å². The van der Waals surface area contributed by atoms with Gasteiger partial charge in [-0.15, -0.1) is 0 Å². The van der Waals surface area contributed by atoms with Crippen LogP contribution < -0.4 is 15.2 Å². The van der Waals surface area contributed by atoms with Gasteiger partial charge in [-0.1, -0.05) is 23.2 Å². The maximum Gasteiger partial charge on any atom is 0.316 e. The van der Waals surface area contributed by atoms with Gasteiger partial charge < -0.3 is 9.64 Å². The lowest BCUT2D eigenvalue weighted by molar-refractivity contribution is 0.205. The van der Waals surface area contributed by atoms with Crippen molar-refractivity contribution in [3.63, 3.8) is 0 Å². The normalized spacial score (nSPS) is 18.3. The van der Waals surface area contributed by atoms with E-state index in [0.717, 1.165) is 25.7 Å². The summed E-state index contributed by atoms with van der Waals surface area (Å²) in [6.07, 6.45) is 5.49. The standard InChI is InChI=1S/C22H28Cl2N4O4S/c1-15(2)33(30,31)27-9-7-26(8-10-27)20-14-25-28(18-12-16(23)11-17(24)13-18)22(29)21(20)32-19-5-3-4-6-19/h11-15,19H,3-10H2,1-2H3. The van der Waals surface area contributed by atoms with Gasteiger partial charge >= 0.3 is 5.56 Å². The Morgan fingerprint density at radius 3 is 2.21 bits per heavy atom. The number of sulfonamides is 1. The molecule has 1 aromatic carbocycles. The zero-order valence-corrected chi connectivity index (χ0v) is 21.0. The Morgan fingerprint density at radius 1 is 1.03 bits per heavy atom. The van der Waals surface area contributed by atoms with E-state index in [1.165, 1.54) is 8.99 Å². The molecule has 1 aliphatic carbocycles. The van der Waals surface area contributed by atoms with Crippen molar-refractivity contribution in [2.45, 2.75) is 50.9 Å². The summed E-state index contributed by atoms with van der Waals surface area (Å²) in [5.41, 5.74) is 0.640. The SMILES string of the molecule is CC(C)S(=O)(=O)N1CCN(c2cnn(-c3cc(Cl)cc(Cl)c3)c(=O)c2OC2CCCC2)CC1. The number of ether oxygens (including phenoxy) is 1. The number of halogens is 2. The van der Waals surface area contributed by atoms with Crippen LogP contribution in [0.15, 0.2) is 29.2 Å². The Bertz CT molecular complexity index is 1150. The molecule has 0 bridgehead atoms. The number of nitrogens with zero attached hydrogens (tertiary/aromatic N) is 4. The molecule has 0 radical (unpaired) electrons. The molecule has 1 saturated heterocycles. The number of hydrogen-bond donors (Lipinski definition) is 0. The molecule has 1 aromatic heterocycles. The molecule has 1 saturated carbocycles. The maximum absolute atomic E-state index is 13.5. The number of aromatic nitrogens is 2. The summed E-state index contributed by atoms with van der Waals surface area (Å²) in [5.74, 6) is 0.230. The van der Waals surface area contributed by atoms with Crippen LogP contribution in [0.4, 0.5) is 5.69 Å². The molecule has 33 heavy (non-hydrogen) atoms. The van der Waals surface area contributed by atoms with Gasteiger partial charge in [-0.2, -0.15) is 14.1 Å². The topological polar surface area (TPSA) is 84.7 Å². The van der Waals surface area contributed by atoms with Gasteiger partial charge in [-0.25, -0.2) is 8.42 Å². The monoisotopic (exact) mass is 514 g/mol. The van der Waals surface area contributed by atoms with Gasteiger partial charge in [0.2, 0.25) is 15.8 Å². The summed E-state index contributed by atoms with van der Waals surface area (Å²) in [6, 6.07) is 4.83. The van der Waals surface area contributed by atoms with E-state index in [4.69, 9.17) is 27.9 Å². The Hall–Kier alpha value is -1.81. The maximum atomic E-state index is 13.5. The molecular formula is C22H28Cl2N4O4S. The van der Waals surface area contributed by atoms with Crippen LogP contribution in [-0.4, -0.2) is 60.0 Å². The van der Waals surface area contributed by atoms with E-state index in [-0.39, 0.29) is 11.9 Å². The van der Waals surface area contributed by atoms with Crippen LogP contribution in [0, 0.1) is 0 Å². The van der Waals surface area contributed by atoms with Gasteiger partial charge in [0.05, 0.1) is 23.2 Å². The summed E-state index contributed by atoms with van der Waals surface area (Å²) in [4.78, 5) is 15.5. The number of hydrogen-bond acceptors (Lipinski definition) is 6. The first kappa shape index (κ1) is 24.3. The third-order valence-corrected chi connectivity index (χ3v) is 8.84. The first-order valence-electron chi connectivity index (χ1n) is 11.2. The fourth-order valence-electron chi connectivity index (χ4n) is 4.27. The smallest absolute Gasteiger partial charge is 0.316 e. The molecule has 2 aromatic rings. The predicted molar refractivity (Wildman–Crippen MR) is 131 cm³/mol. The minimum Gasteiger partial charge on any atom is -0.483 e. The lowest BCUT2D eigenvalue weighted by Gasteiger charge is -2.36. The Morgan fingerprint density at radius 2 is 1.64 bits per heavy atom. The molecule has 0 amide bonds. The Balaban J connectivity index is 1.68. The second kappa shape index (κ2) is 9.82. The van der Waals surface area contributed by atoms with Gasteiger partial charge in [0, 0.05) is 36.2 Å². The number of anilines is 1. The molecule has 1 aliphatic heterocycles. The van der Waals surface area contributed by atoms with Crippen molar-refractivity contribution in [1.29, 1.82) is 0 Å². The highest BCUT2D eigenvalue weighted by atomic mass is 35.5. The van der Waals surface area contributed by atoms with Crippen molar-refractivity contribution in [2.24, 2.45) is 0 Å². The fraction of sp³-hybridized carbons (Fsp3) is 0.545. The average Bonchev–Trinajstić information content (AvgIpc) is 3.27. The quantitative estimate of drug-likeness (QED) is 0.583. The van der Waals surface area contributed by atoms with Gasteiger partial charge in [0.25, 0.3) is 0 Å². The van der Waals surface area contributed by atoms with Gasteiger partial charge in [0.15, 0.2) is 0 Å². The second-order valence-electron chi connectivity index (χ2n) is 8.71. The lowest BCUT2D eigenvalue weighted by Crippen LogP contribution is -2.50. The summed E-state index contributed by atoms with van der Waals surface area (Å²) < 4.78 is 34.0. The van der Waals surface area contributed by atoms with E-state index in [2.05, 4.69) is 5.10 Å². The van der Waals surface area contributed by atoms with Crippen molar-refractivity contribution in [3.8, 4) is 11.4 Å². The molecule has 0 N–H and O–H groups in total. The first-order chi connectivity index (χ1) is 15.7. The summed E-state index contributed by atoms with van der Waals surface area (Å²) >= 11 is 12.3. The number of rotatable bonds is 6. The van der Waals surface area contributed by atoms with Crippen LogP contribution >= 0.6 is 23.2 Å². The zero-order valence-electron chi connectivity index (χ0n) is 18.7. The second-order valence-corrected chi connectivity index (χ2v) is 12.1. The molecule has 180 valence electrons. The highest BCUT2D eigenvalue weighted by molar-refractivity contribution is 7.89. The van der Waals surface area contributed by atoms with E-state index in [0.29, 0.717) is 47.6 Å². The summed E-state index contributed by atoms with van der Waals surface area (Å²) in [6.45, 7) is 4.94. The molecule has 2 heterocycles. The van der Waals surface area contributed by atoms with E-state index >= 15 is 0 Å². The van der Waals surface area contributed by atoms with Crippen LogP contribution in [0.5, 0.6) is 5.75 Å². The Labute approximate surface area is 204 Å². The minimum absolute atomic E-state index is 0.0298. The molecule has 8 nitrogen and oxygen atoms in total. The molecule has 0 atom stereocenters. The van der Waals surface area contributed by atoms with Crippen LogP contribution in [-0.2, 0) is 10.0 Å². The molecular weight excluding hydrogens is 487 g/mol. The van der Waals surface area contributed by atoms with Gasteiger partial charge in [-0.05, 0) is 57.7 Å². The zero-order chi connectivity index (χ0) is 23.8. The molecule has 2 aliphatic rings. The van der Waals surface area contributed by atoms with Crippen molar-refractivity contribution in [3.05, 3.63) is 44.8 Å². The molecule has 2 fully saturated rings. The Kier molecular flexibility index (Phi) is 7.23. The van der Waals surface area contributed by atoms with E-state index < -0.39 is 20.8 Å². The van der Waals surface area contributed by atoms with E-state index in [1.807, 2.05) is 4.90 Å². The molecule has 0 unspecified atom stereocenters. The van der Waals surface area contributed by atoms with Crippen molar-refractivity contribution in [2.75, 3.05) is 31.1 Å². The largest absolute Gasteiger partial charge is 0.483 e. The number of piperazine rings is 1. The molecule has 4 rings (SSSR count). The van der Waals surface area contributed by atoms with Gasteiger partial charge in [-0.3, -0.25) is 4.79 Å². The predicted octanol–water partition coefficient (Wildman–Crippen LogP) is 3.72. The first-order valence-corrected chi connectivity index (χ1v) is 13.4. The molecule has 11 heteroatoms. The minimum atomic E-state index is -3.32. The lowest BCUT2D eigenvalue weighted by atomic mass is 10.2. The summed E-state index contributed by atoms with van der Waals surface area (Å²) in [7, 11) is -3.32. The number of benzene rings is 1. The van der Waals surface area contributed by atoms with Crippen molar-refractivity contribution < 1.29 is 13.2 Å². The van der Waals surface area contributed by atoms with E-state index in [1.54, 1.807) is 38.2 Å². The average molecular weight is 515 g/mol. The highest BCUT2D eigenvalue weighted by Gasteiger charge is 2.32. The third-order valence-electron chi connectivity index (χ3n) is 6.13. The van der Waals surface area contributed by atoms with Crippen LogP contribution in [0.25, 0.3) is 5.69 Å². The molecule has 0 spiro atoms. The summed E-state index contributed by atoms with van der Waals surface area (Å²) in [5, 5.41) is 4.70. The van der Waals surface area contributed by atoms with Crippen LogP contribution in [0.3, 0.4) is 0 Å². The van der Waals surface area contributed by atoms with Crippen LogP contribution in [0.2, 0.25) is 10.0 Å². The van der Waals surface area contributed by atoms with Crippen molar-refractivity contribution >= 4 is 38.9 Å². The van der Waals surface area contributed by atoms with Gasteiger partial charge in [0.1, 0.15) is 5.69 Å². The highest BCUT2D eigenvalue weighted by Crippen LogP contribution is 2.31. The third kappa shape index (κ3) is 5.16.